The van der Waals surface area contributed by atoms with Gasteiger partial charge < -0.3 is 9.47 Å². The standard InChI is InChI=1S/C27H21Cl2N3O7/c1-3-38-23-13-17(12-21(29)24(23)39-14-16-7-9-18(10-8-16)32(36)37)11-19-25(33)30-27(35)31(26(19)34)22-6-4-5-20(28)15(22)2/h4-13H,3,14H2,1-2H3,(H,30,33,35)/b19-11+. The number of hydrogen-bond donors (Lipinski definition) is 1. The SMILES string of the molecule is CCOc1cc(/C=C2\C(=O)NC(=O)N(c3cccc(Cl)c3C)C2=O)cc(Cl)c1OCc1ccc([N+](=O)[O-])cc1. The van der Waals surface area contributed by atoms with Gasteiger partial charge >= 0.3 is 6.03 Å². The molecule has 1 saturated heterocycles. The maximum absolute atomic E-state index is 13.3. The van der Waals surface area contributed by atoms with E-state index >= 15 is 0 Å². The van der Waals surface area contributed by atoms with E-state index in [2.05, 4.69) is 5.32 Å². The summed E-state index contributed by atoms with van der Waals surface area (Å²) in [6.45, 7) is 3.73. The fourth-order valence-electron chi connectivity index (χ4n) is 3.82. The van der Waals surface area contributed by atoms with Gasteiger partial charge in [0.2, 0.25) is 0 Å². The Morgan fingerprint density at radius 3 is 2.41 bits per heavy atom. The lowest BCUT2D eigenvalue weighted by Gasteiger charge is -2.27. The van der Waals surface area contributed by atoms with Crippen molar-refractivity contribution in [3.05, 3.63) is 97.0 Å². The highest BCUT2D eigenvalue weighted by Crippen LogP contribution is 2.38. The molecule has 1 aliphatic heterocycles. The molecule has 1 aliphatic rings. The minimum Gasteiger partial charge on any atom is -0.490 e. The van der Waals surface area contributed by atoms with Gasteiger partial charge in [0.25, 0.3) is 17.5 Å². The summed E-state index contributed by atoms with van der Waals surface area (Å²) in [5, 5.41) is 13.5. The number of nitrogens with one attached hydrogen (secondary N) is 1. The van der Waals surface area contributed by atoms with Crippen LogP contribution < -0.4 is 19.7 Å². The van der Waals surface area contributed by atoms with E-state index in [1.165, 1.54) is 24.3 Å². The fourth-order valence-corrected chi connectivity index (χ4v) is 4.27. The monoisotopic (exact) mass is 569 g/mol. The first-order chi connectivity index (χ1) is 18.6. The molecule has 0 aliphatic carbocycles. The highest BCUT2D eigenvalue weighted by atomic mass is 35.5. The summed E-state index contributed by atoms with van der Waals surface area (Å²) >= 11 is 12.7. The Bertz CT molecular complexity index is 1520. The molecule has 1 fully saturated rings. The Labute approximate surface area is 232 Å². The van der Waals surface area contributed by atoms with Crippen molar-refractivity contribution in [2.24, 2.45) is 0 Å². The van der Waals surface area contributed by atoms with E-state index < -0.39 is 22.8 Å². The van der Waals surface area contributed by atoms with E-state index in [-0.39, 0.29) is 46.7 Å². The van der Waals surface area contributed by atoms with Crippen LogP contribution in [0.15, 0.2) is 60.2 Å². The van der Waals surface area contributed by atoms with E-state index in [4.69, 9.17) is 32.7 Å². The van der Waals surface area contributed by atoms with Gasteiger partial charge in [-0.15, -0.1) is 0 Å². The quantitative estimate of drug-likeness (QED) is 0.156. The van der Waals surface area contributed by atoms with Gasteiger partial charge in [0.05, 0.1) is 22.2 Å². The number of amides is 4. The van der Waals surface area contributed by atoms with E-state index in [1.54, 1.807) is 50.2 Å². The van der Waals surface area contributed by atoms with E-state index in [0.717, 1.165) is 4.90 Å². The Kier molecular flexibility index (Phi) is 8.18. The molecule has 4 amide bonds. The molecule has 0 atom stereocenters. The molecular weight excluding hydrogens is 549 g/mol. The zero-order chi connectivity index (χ0) is 28.3. The minimum absolute atomic E-state index is 0.0451. The van der Waals surface area contributed by atoms with Crippen LogP contribution in [0.1, 0.15) is 23.6 Å². The molecule has 0 radical (unpaired) electrons. The van der Waals surface area contributed by atoms with Crippen molar-refractivity contribution < 1.29 is 28.8 Å². The summed E-state index contributed by atoms with van der Waals surface area (Å²) in [6.07, 6.45) is 1.30. The average Bonchev–Trinajstić information content (AvgIpc) is 2.89. The van der Waals surface area contributed by atoms with Crippen LogP contribution in [0.5, 0.6) is 11.5 Å². The molecule has 3 aromatic rings. The van der Waals surface area contributed by atoms with E-state index in [1.807, 2.05) is 0 Å². The fraction of sp³-hybridized carbons (Fsp3) is 0.148. The van der Waals surface area contributed by atoms with Crippen LogP contribution in [-0.2, 0) is 16.2 Å². The smallest absolute Gasteiger partial charge is 0.335 e. The van der Waals surface area contributed by atoms with E-state index in [0.29, 0.717) is 21.7 Å². The summed E-state index contributed by atoms with van der Waals surface area (Å²) in [6, 6.07) is 12.7. The number of anilines is 1. The number of non-ortho nitro benzene ring substituents is 1. The number of nitrogens with zero attached hydrogens (tertiary/aromatic N) is 2. The number of rotatable bonds is 8. The number of nitro benzene ring substituents is 1. The van der Waals surface area contributed by atoms with Crippen molar-refractivity contribution in [3.8, 4) is 11.5 Å². The van der Waals surface area contributed by atoms with Crippen molar-refractivity contribution in [1.29, 1.82) is 0 Å². The van der Waals surface area contributed by atoms with Crippen molar-refractivity contribution in [2.75, 3.05) is 11.5 Å². The van der Waals surface area contributed by atoms with Gasteiger partial charge in [0, 0.05) is 17.2 Å². The third kappa shape index (κ3) is 5.87. The largest absolute Gasteiger partial charge is 0.490 e. The number of carbonyl (C=O) groups is 3. The Balaban J connectivity index is 1.65. The van der Waals surface area contributed by atoms with Gasteiger partial charge in [-0.05, 0) is 73.0 Å². The van der Waals surface area contributed by atoms with E-state index in [9.17, 15) is 24.5 Å². The van der Waals surface area contributed by atoms with Gasteiger partial charge in [-0.3, -0.25) is 25.0 Å². The van der Waals surface area contributed by atoms with Gasteiger partial charge in [-0.25, -0.2) is 9.69 Å². The molecular formula is C27H21Cl2N3O7. The molecule has 12 heteroatoms. The highest BCUT2D eigenvalue weighted by Gasteiger charge is 2.37. The first kappa shape index (κ1) is 27.6. The maximum atomic E-state index is 13.3. The molecule has 0 spiro atoms. The summed E-state index contributed by atoms with van der Waals surface area (Å²) in [5.74, 6) is -1.24. The first-order valence-corrected chi connectivity index (χ1v) is 12.3. The Morgan fingerprint density at radius 1 is 1.03 bits per heavy atom. The third-order valence-corrected chi connectivity index (χ3v) is 6.44. The van der Waals surface area contributed by atoms with Gasteiger partial charge in [0.15, 0.2) is 11.5 Å². The number of imide groups is 2. The topological polar surface area (TPSA) is 128 Å². The zero-order valence-corrected chi connectivity index (χ0v) is 22.2. The van der Waals surface area contributed by atoms with Crippen molar-refractivity contribution >= 4 is 58.5 Å². The molecule has 200 valence electrons. The van der Waals surface area contributed by atoms with Gasteiger partial charge in [-0.2, -0.15) is 0 Å². The molecule has 10 nitrogen and oxygen atoms in total. The lowest BCUT2D eigenvalue weighted by atomic mass is 10.1. The minimum atomic E-state index is -0.893. The zero-order valence-electron chi connectivity index (χ0n) is 20.7. The van der Waals surface area contributed by atoms with Crippen molar-refractivity contribution in [2.45, 2.75) is 20.5 Å². The lowest BCUT2D eigenvalue weighted by molar-refractivity contribution is -0.384. The molecule has 1 heterocycles. The molecule has 0 saturated carbocycles. The van der Waals surface area contributed by atoms with Crippen LogP contribution in [0.25, 0.3) is 6.08 Å². The number of nitro groups is 1. The predicted octanol–water partition coefficient (Wildman–Crippen LogP) is 5.85. The second kappa shape index (κ2) is 11.5. The summed E-state index contributed by atoms with van der Waals surface area (Å²) in [7, 11) is 0. The van der Waals surface area contributed by atoms with Gasteiger partial charge in [-0.1, -0.05) is 29.3 Å². The van der Waals surface area contributed by atoms with Crippen LogP contribution in [0.3, 0.4) is 0 Å². The molecule has 0 unspecified atom stereocenters. The normalized spacial score (nSPS) is 14.4. The number of carbonyl (C=O) groups excluding carboxylic acids is 3. The van der Waals surface area contributed by atoms with Crippen LogP contribution in [0.4, 0.5) is 16.2 Å². The molecule has 39 heavy (non-hydrogen) atoms. The number of urea groups is 1. The second-order valence-electron chi connectivity index (χ2n) is 8.32. The average molecular weight is 570 g/mol. The van der Waals surface area contributed by atoms with Crippen LogP contribution in [0, 0.1) is 17.0 Å². The molecule has 1 N–H and O–H groups in total. The van der Waals surface area contributed by atoms with Crippen molar-refractivity contribution in [1.82, 2.24) is 5.32 Å². The van der Waals surface area contributed by atoms with Crippen LogP contribution >= 0.6 is 23.2 Å². The maximum Gasteiger partial charge on any atom is 0.335 e. The number of hydrogen-bond acceptors (Lipinski definition) is 7. The third-order valence-electron chi connectivity index (χ3n) is 5.75. The number of ether oxygens (including phenoxy) is 2. The first-order valence-electron chi connectivity index (χ1n) is 11.6. The number of barbiturate groups is 1. The molecule has 0 bridgehead atoms. The summed E-state index contributed by atoms with van der Waals surface area (Å²) < 4.78 is 11.5. The van der Waals surface area contributed by atoms with Crippen LogP contribution in [0.2, 0.25) is 10.0 Å². The predicted molar refractivity (Wildman–Crippen MR) is 145 cm³/mol. The van der Waals surface area contributed by atoms with Crippen molar-refractivity contribution in [3.63, 3.8) is 0 Å². The summed E-state index contributed by atoms with van der Waals surface area (Å²) in [5.41, 5.74) is 1.40. The molecule has 3 aromatic carbocycles. The lowest BCUT2D eigenvalue weighted by Crippen LogP contribution is -2.54. The van der Waals surface area contributed by atoms with Gasteiger partial charge in [0.1, 0.15) is 12.2 Å². The Morgan fingerprint density at radius 2 is 1.74 bits per heavy atom. The molecule has 4 rings (SSSR count). The number of benzene rings is 3. The Hall–Kier alpha value is -4.41. The molecule has 0 aromatic heterocycles. The number of halogens is 2. The second-order valence-corrected chi connectivity index (χ2v) is 9.13. The summed E-state index contributed by atoms with van der Waals surface area (Å²) in [4.78, 5) is 49.7. The highest BCUT2D eigenvalue weighted by molar-refractivity contribution is 6.40. The van der Waals surface area contributed by atoms with Crippen LogP contribution in [-0.4, -0.2) is 29.4 Å².